The van der Waals surface area contributed by atoms with Gasteiger partial charge >= 0.3 is 0 Å². The number of nitrogens with one attached hydrogen (secondary N) is 1. The van der Waals surface area contributed by atoms with Crippen LogP contribution < -0.4 is 5.32 Å². The van der Waals surface area contributed by atoms with E-state index >= 15 is 0 Å². The SMILES string of the molecule is O=C(/C=C/c1cccnc1)Nc1ccc(S(=O)(=O)N2CCC(Cc3ccccc3)CC2)cc1. The van der Waals surface area contributed by atoms with E-state index in [-0.39, 0.29) is 10.8 Å². The third-order valence-corrected chi connectivity index (χ3v) is 7.72. The van der Waals surface area contributed by atoms with Gasteiger partial charge in [-0.25, -0.2) is 8.42 Å². The van der Waals surface area contributed by atoms with E-state index in [2.05, 4.69) is 22.4 Å². The van der Waals surface area contributed by atoms with E-state index in [0.29, 0.717) is 24.7 Å². The Morgan fingerprint density at radius 1 is 1.00 bits per heavy atom. The van der Waals surface area contributed by atoms with E-state index in [0.717, 1.165) is 24.8 Å². The minimum absolute atomic E-state index is 0.243. The summed E-state index contributed by atoms with van der Waals surface area (Å²) in [5.74, 6) is 0.200. The van der Waals surface area contributed by atoms with E-state index in [1.54, 1.807) is 53.1 Å². The van der Waals surface area contributed by atoms with Crippen molar-refractivity contribution < 1.29 is 13.2 Å². The molecule has 4 rings (SSSR count). The Balaban J connectivity index is 1.32. The summed E-state index contributed by atoms with van der Waals surface area (Å²) in [6.45, 7) is 1.05. The summed E-state index contributed by atoms with van der Waals surface area (Å²) >= 11 is 0. The number of aromatic nitrogens is 1. The molecule has 0 spiro atoms. The minimum atomic E-state index is -3.55. The fraction of sp³-hybridized carbons (Fsp3) is 0.231. The van der Waals surface area contributed by atoms with Crippen molar-refractivity contribution in [2.24, 2.45) is 5.92 Å². The van der Waals surface area contributed by atoms with Gasteiger partial charge in [-0.05, 0) is 72.7 Å². The number of piperidine rings is 1. The standard InChI is InChI=1S/C26H27N3O3S/c30-26(13-8-23-7-4-16-27-20-23)28-24-9-11-25(12-10-24)33(31,32)29-17-14-22(15-18-29)19-21-5-2-1-3-6-21/h1-13,16,20,22H,14-15,17-19H2,(H,28,30)/b13-8+. The number of amides is 1. The summed E-state index contributed by atoms with van der Waals surface area (Å²) in [6, 6.07) is 20.3. The second-order valence-electron chi connectivity index (χ2n) is 8.17. The fourth-order valence-electron chi connectivity index (χ4n) is 3.99. The number of carbonyl (C=O) groups excluding carboxylic acids is 1. The van der Waals surface area contributed by atoms with Gasteiger partial charge in [0.1, 0.15) is 0 Å². The number of hydrogen-bond acceptors (Lipinski definition) is 4. The first kappa shape index (κ1) is 22.9. The lowest BCUT2D eigenvalue weighted by Gasteiger charge is -2.31. The van der Waals surface area contributed by atoms with Crippen LogP contribution in [-0.2, 0) is 21.2 Å². The number of hydrogen-bond donors (Lipinski definition) is 1. The van der Waals surface area contributed by atoms with Crippen molar-refractivity contribution in [3.63, 3.8) is 0 Å². The van der Waals surface area contributed by atoms with Crippen molar-refractivity contribution in [1.29, 1.82) is 0 Å². The van der Waals surface area contributed by atoms with Crippen molar-refractivity contribution >= 4 is 27.7 Å². The molecule has 1 saturated heterocycles. The Bertz CT molecular complexity index is 1190. The summed E-state index contributed by atoms with van der Waals surface area (Å²) < 4.78 is 27.7. The molecule has 1 aliphatic rings. The second-order valence-corrected chi connectivity index (χ2v) is 10.1. The zero-order chi connectivity index (χ0) is 23.1. The van der Waals surface area contributed by atoms with Gasteiger partial charge in [0.2, 0.25) is 15.9 Å². The molecule has 33 heavy (non-hydrogen) atoms. The van der Waals surface area contributed by atoms with Crippen molar-refractivity contribution in [3.8, 4) is 0 Å². The Labute approximate surface area is 195 Å². The Morgan fingerprint density at radius 2 is 1.73 bits per heavy atom. The van der Waals surface area contributed by atoms with Crippen LogP contribution in [0.1, 0.15) is 24.0 Å². The van der Waals surface area contributed by atoms with E-state index in [9.17, 15) is 13.2 Å². The van der Waals surface area contributed by atoms with Gasteiger partial charge in [0.05, 0.1) is 4.90 Å². The Morgan fingerprint density at radius 3 is 2.39 bits per heavy atom. The van der Waals surface area contributed by atoms with Gasteiger partial charge in [-0.15, -0.1) is 0 Å². The van der Waals surface area contributed by atoms with Gasteiger partial charge in [-0.2, -0.15) is 4.31 Å². The van der Waals surface area contributed by atoms with Crippen LogP contribution in [0.5, 0.6) is 0 Å². The molecule has 1 aliphatic heterocycles. The third-order valence-electron chi connectivity index (χ3n) is 5.81. The summed E-state index contributed by atoms with van der Waals surface area (Å²) in [5.41, 5.74) is 2.66. The lowest BCUT2D eigenvalue weighted by molar-refractivity contribution is -0.111. The Kier molecular flexibility index (Phi) is 7.32. The van der Waals surface area contributed by atoms with Gasteiger partial charge in [-0.1, -0.05) is 36.4 Å². The average molecular weight is 462 g/mol. The van der Waals surface area contributed by atoms with Crippen LogP contribution >= 0.6 is 0 Å². The third kappa shape index (κ3) is 6.15. The average Bonchev–Trinajstić information content (AvgIpc) is 2.85. The van der Waals surface area contributed by atoms with Crippen LogP contribution in [0, 0.1) is 5.92 Å². The van der Waals surface area contributed by atoms with Crippen LogP contribution in [0.15, 0.2) is 90.1 Å². The van der Waals surface area contributed by atoms with Crippen LogP contribution in [0.25, 0.3) is 6.08 Å². The molecule has 0 bridgehead atoms. The van der Waals surface area contributed by atoms with Crippen molar-refractivity contribution in [2.75, 3.05) is 18.4 Å². The maximum Gasteiger partial charge on any atom is 0.248 e. The molecule has 0 unspecified atom stereocenters. The normalized spacial score (nSPS) is 15.5. The molecule has 1 amide bonds. The van der Waals surface area contributed by atoms with Crippen LogP contribution in [0.2, 0.25) is 0 Å². The van der Waals surface area contributed by atoms with Gasteiger partial charge in [0, 0.05) is 37.2 Å². The molecular formula is C26H27N3O3S. The first-order valence-corrected chi connectivity index (χ1v) is 12.5. The molecule has 0 radical (unpaired) electrons. The van der Waals surface area contributed by atoms with Crippen molar-refractivity contribution in [1.82, 2.24) is 9.29 Å². The number of benzene rings is 2. The van der Waals surface area contributed by atoms with Crippen LogP contribution in [0.3, 0.4) is 0 Å². The molecule has 1 N–H and O–H groups in total. The monoisotopic (exact) mass is 461 g/mol. The van der Waals surface area contributed by atoms with Gasteiger partial charge in [0.25, 0.3) is 0 Å². The van der Waals surface area contributed by atoms with Crippen molar-refractivity contribution in [2.45, 2.75) is 24.2 Å². The second kappa shape index (κ2) is 10.6. The van der Waals surface area contributed by atoms with Crippen molar-refractivity contribution in [3.05, 3.63) is 96.3 Å². The number of rotatable bonds is 7. The highest BCUT2D eigenvalue weighted by Crippen LogP contribution is 2.26. The van der Waals surface area contributed by atoms with Crippen LogP contribution in [0.4, 0.5) is 5.69 Å². The maximum atomic E-state index is 13.1. The molecule has 170 valence electrons. The molecular weight excluding hydrogens is 434 g/mol. The molecule has 3 aromatic rings. The molecule has 6 nitrogen and oxygen atoms in total. The number of carbonyl (C=O) groups is 1. The predicted octanol–water partition coefficient (Wildman–Crippen LogP) is 4.38. The number of anilines is 1. The largest absolute Gasteiger partial charge is 0.323 e. The summed E-state index contributed by atoms with van der Waals surface area (Å²) in [7, 11) is -3.55. The van der Waals surface area contributed by atoms with E-state index < -0.39 is 10.0 Å². The number of nitrogens with zero attached hydrogens (tertiary/aromatic N) is 2. The smallest absolute Gasteiger partial charge is 0.248 e. The summed E-state index contributed by atoms with van der Waals surface area (Å²) in [5, 5.41) is 2.74. The highest BCUT2D eigenvalue weighted by atomic mass is 32.2. The quantitative estimate of drug-likeness (QED) is 0.530. The molecule has 2 aromatic carbocycles. The number of pyridine rings is 1. The molecule has 7 heteroatoms. The van der Waals surface area contributed by atoms with Gasteiger partial charge in [0.15, 0.2) is 0 Å². The zero-order valence-electron chi connectivity index (χ0n) is 18.3. The minimum Gasteiger partial charge on any atom is -0.323 e. The molecule has 2 heterocycles. The lowest BCUT2D eigenvalue weighted by atomic mass is 9.91. The van der Waals surface area contributed by atoms with Gasteiger partial charge < -0.3 is 5.32 Å². The summed E-state index contributed by atoms with van der Waals surface area (Å²) in [6.07, 6.45) is 9.10. The first-order valence-electron chi connectivity index (χ1n) is 11.0. The predicted molar refractivity (Wildman–Crippen MR) is 130 cm³/mol. The van der Waals surface area contributed by atoms with E-state index in [4.69, 9.17) is 0 Å². The summed E-state index contributed by atoms with van der Waals surface area (Å²) in [4.78, 5) is 16.4. The number of sulfonamides is 1. The molecule has 0 aliphatic carbocycles. The van der Waals surface area contributed by atoms with E-state index in [1.165, 1.54) is 11.6 Å². The zero-order valence-corrected chi connectivity index (χ0v) is 19.1. The van der Waals surface area contributed by atoms with Gasteiger partial charge in [-0.3, -0.25) is 9.78 Å². The highest BCUT2D eigenvalue weighted by Gasteiger charge is 2.29. The highest BCUT2D eigenvalue weighted by molar-refractivity contribution is 7.89. The Hall–Kier alpha value is -3.29. The molecule has 1 fully saturated rings. The fourth-order valence-corrected chi connectivity index (χ4v) is 5.46. The molecule has 0 saturated carbocycles. The molecule has 0 atom stereocenters. The lowest BCUT2D eigenvalue weighted by Crippen LogP contribution is -2.38. The van der Waals surface area contributed by atoms with E-state index in [1.807, 2.05) is 24.3 Å². The molecule has 1 aromatic heterocycles. The first-order chi connectivity index (χ1) is 16.0. The maximum absolute atomic E-state index is 13.1. The van der Waals surface area contributed by atoms with Crippen LogP contribution in [-0.4, -0.2) is 36.7 Å². The topological polar surface area (TPSA) is 79.4 Å².